The second-order valence-corrected chi connectivity index (χ2v) is 3.29. The number of benzene rings is 1. The number of phenolic OH excluding ortho intramolecular Hbond substituents is 1. The summed E-state index contributed by atoms with van der Waals surface area (Å²) >= 11 is 3.03. The van der Waals surface area contributed by atoms with Crippen LogP contribution < -0.4 is 0 Å². The average Bonchev–Trinajstić information content (AvgIpc) is 2.17. The first-order valence-electron chi connectivity index (χ1n) is 6.12. The molecule has 0 fully saturated rings. The van der Waals surface area contributed by atoms with E-state index in [1.807, 2.05) is 0 Å². The lowest BCUT2D eigenvalue weighted by Crippen LogP contribution is -2.15. The molecule has 0 heterocycles. The SMILES string of the molecule is [2H]C([2H])([2H])C(O)(c1cc(Br)ccc1O)C([2H])([2H])[2H]. The van der Waals surface area contributed by atoms with Gasteiger partial charge in [-0.2, -0.15) is 0 Å². The van der Waals surface area contributed by atoms with Crippen molar-refractivity contribution < 1.29 is 18.4 Å². The summed E-state index contributed by atoms with van der Waals surface area (Å²) in [6, 6.07) is 3.59. The summed E-state index contributed by atoms with van der Waals surface area (Å²) in [7, 11) is 0. The summed E-state index contributed by atoms with van der Waals surface area (Å²) in [4.78, 5) is 0. The molecule has 1 aromatic rings. The zero-order chi connectivity index (χ0) is 14.4. The summed E-state index contributed by atoms with van der Waals surface area (Å²) < 4.78 is 43.8. The van der Waals surface area contributed by atoms with Gasteiger partial charge in [0, 0.05) is 18.3 Å². The Morgan fingerprint density at radius 3 is 2.75 bits per heavy atom. The Labute approximate surface area is 88.4 Å². The highest BCUT2D eigenvalue weighted by Gasteiger charge is 2.19. The molecule has 0 spiro atoms. The van der Waals surface area contributed by atoms with E-state index in [1.165, 1.54) is 6.07 Å². The highest BCUT2D eigenvalue weighted by Crippen LogP contribution is 2.30. The van der Waals surface area contributed by atoms with Crippen LogP contribution in [-0.2, 0) is 5.60 Å². The Bertz CT molecular complexity index is 439. The molecule has 0 saturated heterocycles. The molecule has 66 valence electrons. The van der Waals surface area contributed by atoms with Crippen LogP contribution in [0.3, 0.4) is 0 Å². The number of aliphatic hydroxyl groups is 1. The second kappa shape index (κ2) is 3.07. The van der Waals surface area contributed by atoms with Gasteiger partial charge in [-0.15, -0.1) is 0 Å². The molecule has 0 saturated carbocycles. The van der Waals surface area contributed by atoms with Crippen molar-refractivity contribution in [3.8, 4) is 5.75 Å². The van der Waals surface area contributed by atoms with E-state index < -0.39 is 30.6 Å². The molecule has 0 bridgehead atoms. The maximum Gasteiger partial charge on any atom is 0.121 e. The maximum atomic E-state index is 10.2. The lowest BCUT2D eigenvalue weighted by atomic mass is 9.98. The van der Waals surface area contributed by atoms with Crippen molar-refractivity contribution in [3.05, 3.63) is 28.2 Å². The zero-order valence-electron chi connectivity index (χ0n) is 12.0. The summed E-state index contributed by atoms with van der Waals surface area (Å²) in [6.45, 7) is -6.42. The van der Waals surface area contributed by atoms with E-state index in [0.29, 0.717) is 4.47 Å². The number of hydrogen-bond acceptors (Lipinski definition) is 2. The molecular formula is C9H11BrO2. The van der Waals surface area contributed by atoms with Crippen molar-refractivity contribution in [2.24, 2.45) is 0 Å². The Morgan fingerprint density at radius 1 is 1.50 bits per heavy atom. The van der Waals surface area contributed by atoms with E-state index >= 15 is 0 Å². The molecule has 0 aliphatic carbocycles. The number of hydrogen-bond donors (Lipinski definition) is 2. The van der Waals surface area contributed by atoms with Gasteiger partial charge in [-0.3, -0.25) is 0 Å². The molecule has 0 aliphatic heterocycles. The second-order valence-electron chi connectivity index (χ2n) is 2.37. The minimum Gasteiger partial charge on any atom is -0.508 e. The first kappa shape index (κ1) is 4.11. The summed E-state index contributed by atoms with van der Waals surface area (Å²) in [5, 5.41) is 19.8. The quantitative estimate of drug-likeness (QED) is 0.787. The molecule has 1 rings (SSSR count). The third-order valence-corrected chi connectivity index (χ3v) is 1.84. The van der Waals surface area contributed by atoms with Crippen LogP contribution in [0.25, 0.3) is 0 Å². The van der Waals surface area contributed by atoms with E-state index in [-0.39, 0.29) is 0 Å². The van der Waals surface area contributed by atoms with Gasteiger partial charge in [0.2, 0.25) is 0 Å². The fourth-order valence-corrected chi connectivity index (χ4v) is 1.16. The summed E-state index contributed by atoms with van der Waals surface area (Å²) in [5.74, 6) is -0.590. The summed E-state index contributed by atoms with van der Waals surface area (Å²) in [6.07, 6.45) is 0. The Balaban J connectivity index is 3.61. The van der Waals surface area contributed by atoms with E-state index in [0.717, 1.165) is 12.1 Å². The molecule has 0 radical (unpaired) electrons. The minimum atomic E-state index is -3.21. The predicted molar refractivity (Wildman–Crippen MR) is 51.1 cm³/mol. The molecule has 1 aromatic carbocycles. The van der Waals surface area contributed by atoms with Gasteiger partial charge in [0.15, 0.2) is 0 Å². The minimum absolute atomic E-state index is 0.349. The summed E-state index contributed by atoms with van der Waals surface area (Å²) in [5.41, 5.74) is -3.69. The van der Waals surface area contributed by atoms with Crippen molar-refractivity contribution in [3.63, 3.8) is 0 Å². The molecule has 0 amide bonds. The van der Waals surface area contributed by atoms with Gasteiger partial charge in [0.1, 0.15) is 5.75 Å². The largest absolute Gasteiger partial charge is 0.508 e. The van der Waals surface area contributed by atoms with E-state index in [2.05, 4.69) is 15.9 Å². The third-order valence-electron chi connectivity index (χ3n) is 1.35. The van der Waals surface area contributed by atoms with Gasteiger partial charge in [-0.1, -0.05) is 15.9 Å². The molecule has 0 aromatic heterocycles. The van der Waals surface area contributed by atoms with Crippen LogP contribution >= 0.6 is 15.9 Å². The molecule has 2 nitrogen and oxygen atoms in total. The average molecular weight is 237 g/mol. The van der Waals surface area contributed by atoms with Crippen LogP contribution in [-0.4, -0.2) is 10.2 Å². The highest BCUT2D eigenvalue weighted by atomic mass is 79.9. The van der Waals surface area contributed by atoms with Crippen molar-refractivity contribution in [2.75, 3.05) is 0 Å². The Morgan fingerprint density at radius 2 is 2.17 bits per heavy atom. The lowest BCUT2D eigenvalue weighted by Gasteiger charge is -2.19. The standard InChI is InChI=1S/C9H11BrO2/c1-9(2,12)7-5-6(10)3-4-8(7)11/h3-5,11-12H,1-2H3/i1D3,2D3. The number of aromatic hydroxyl groups is 1. The van der Waals surface area contributed by atoms with Gasteiger partial charge in [0.05, 0.1) is 5.60 Å². The highest BCUT2D eigenvalue weighted by molar-refractivity contribution is 9.10. The normalized spacial score (nSPS) is 21.2. The van der Waals surface area contributed by atoms with Crippen molar-refractivity contribution in [1.82, 2.24) is 0 Å². The van der Waals surface area contributed by atoms with E-state index in [4.69, 9.17) is 8.22 Å². The van der Waals surface area contributed by atoms with E-state index in [9.17, 15) is 10.2 Å². The molecule has 2 N–H and O–H groups in total. The number of rotatable bonds is 1. The van der Waals surface area contributed by atoms with Crippen LogP contribution in [0.1, 0.15) is 27.5 Å². The molecule has 0 unspecified atom stereocenters. The Kier molecular flexibility index (Phi) is 1.05. The number of phenols is 1. The first-order chi connectivity index (χ1) is 7.91. The zero-order valence-corrected chi connectivity index (χ0v) is 7.59. The van der Waals surface area contributed by atoms with Crippen molar-refractivity contribution in [2.45, 2.75) is 19.3 Å². The van der Waals surface area contributed by atoms with Crippen LogP contribution in [0.15, 0.2) is 22.7 Å². The monoisotopic (exact) mass is 236 g/mol. The van der Waals surface area contributed by atoms with Gasteiger partial charge in [-0.05, 0) is 31.9 Å². The van der Waals surface area contributed by atoms with Crippen LogP contribution in [0.4, 0.5) is 0 Å². The smallest absolute Gasteiger partial charge is 0.121 e. The third kappa shape index (κ3) is 1.99. The fourth-order valence-electron chi connectivity index (χ4n) is 0.798. The molecule has 0 atom stereocenters. The van der Waals surface area contributed by atoms with Crippen LogP contribution in [0.2, 0.25) is 0 Å². The molecular weight excluding hydrogens is 220 g/mol. The fraction of sp³-hybridized carbons (Fsp3) is 0.333. The van der Waals surface area contributed by atoms with Crippen molar-refractivity contribution >= 4 is 15.9 Å². The maximum absolute atomic E-state index is 10.2. The topological polar surface area (TPSA) is 40.5 Å². The van der Waals surface area contributed by atoms with Gasteiger partial charge < -0.3 is 10.2 Å². The molecule has 3 heteroatoms. The van der Waals surface area contributed by atoms with Crippen LogP contribution in [0, 0.1) is 0 Å². The van der Waals surface area contributed by atoms with Gasteiger partial charge in [-0.25, -0.2) is 0 Å². The lowest BCUT2D eigenvalue weighted by molar-refractivity contribution is 0.0758. The van der Waals surface area contributed by atoms with E-state index in [1.54, 1.807) is 0 Å². The molecule has 0 aliphatic rings. The number of halogens is 1. The first-order valence-corrected chi connectivity index (χ1v) is 3.92. The van der Waals surface area contributed by atoms with Gasteiger partial charge >= 0.3 is 0 Å². The van der Waals surface area contributed by atoms with Gasteiger partial charge in [0.25, 0.3) is 0 Å². The molecule has 12 heavy (non-hydrogen) atoms. The Hall–Kier alpha value is -0.540. The van der Waals surface area contributed by atoms with Crippen molar-refractivity contribution in [1.29, 1.82) is 0 Å². The predicted octanol–water partition coefficient (Wildman–Crippen LogP) is 2.38. The van der Waals surface area contributed by atoms with Crippen LogP contribution in [0.5, 0.6) is 5.75 Å².